The monoisotopic (exact) mass is 455 g/mol. The average Bonchev–Trinajstić information content (AvgIpc) is 3.40. The van der Waals surface area contributed by atoms with Crippen LogP contribution in [0.3, 0.4) is 0 Å². The van der Waals surface area contributed by atoms with E-state index in [1.165, 1.54) is 29.3 Å². The molecule has 0 bridgehead atoms. The number of hydrazone groups is 1. The maximum absolute atomic E-state index is 14.2. The minimum Gasteiger partial charge on any atom is -0.342 e. The van der Waals surface area contributed by atoms with Crippen molar-refractivity contribution in [3.63, 3.8) is 0 Å². The van der Waals surface area contributed by atoms with E-state index in [1.807, 2.05) is 42.7 Å². The number of aryl methyl sites for hydroxylation is 2. The number of para-hydroxylation sites is 1. The van der Waals surface area contributed by atoms with E-state index in [9.17, 15) is 4.39 Å². The summed E-state index contributed by atoms with van der Waals surface area (Å²) >= 11 is 1.77. The van der Waals surface area contributed by atoms with Crippen molar-refractivity contribution in [1.29, 1.82) is 0 Å². The molecular formula is C26H22FN5S. The van der Waals surface area contributed by atoms with E-state index in [-0.39, 0.29) is 5.82 Å². The number of thiophene rings is 1. The summed E-state index contributed by atoms with van der Waals surface area (Å²) in [7, 11) is 0. The lowest BCUT2D eigenvalue weighted by Gasteiger charge is -2.11. The molecule has 0 radical (unpaired) electrons. The van der Waals surface area contributed by atoms with Crippen LogP contribution in [0.25, 0.3) is 21.1 Å². The van der Waals surface area contributed by atoms with Crippen LogP contribution in [0.2, 0.25) is 0 Å². The summed E-state index contributed by atoms with van der Waals surface area (Å²) in [5.41, 5.74) is 7.20. The largest absolute Gasteiger partial charge is 0.342 e. The number of hydrogen-bond acceptors (Lipinski definition) is 5. The molecular weight excluding hydrogens is 433 g/mol. The Hall–Kier alpha value is -3.58. The maximum Gasteiger partial charge on any atom is 0.158 e. The van der Waals surface area contributed by atoms with E-state index in [4.69, 9.17) is 0 Å². The quantitative estimate of drug-likeness (QED) is 0.255. The summed E-state index contributed by atoms with van der Waals surface area (Å²) in [6.45, 7) is 0.460. The van der Waals surface area contributed by atoms with Gasteiger partial charge in [-0.1, -0.05) is 36.4 Å². The first-order chi connectivity index (χ1) is 16.3. The van der Waals surface area contributed by atoms with Crippen molar-refractivity contribution in [1.82, 2.24) is 14.5 Å². The molecule has 0 unspecified atom stereocenters. The van der Waals surface area contributed by atoms with E-state index in [2.05, 4.69) is 31.1 Å². The Morgan fingerprint density at radius 2 is 1.91 bits per heavy atom. The Bertz CT molecular complexity index is 1500. The second-order valence-electron chi connectivity index (χ2n) is 8.30. The third-order valence-electron chi connectivity index (χ3n) is 6.24. The van der Waals surface area contributed by atoms with Gasteiger partial charge in [0.05, 0.1) is 18.1 Å². The Kier molecular flexibility index (Phi) is 5.11. The molecule has 1 N–H and O–H groups in total. The lowest BCUT2D eigenvalue weighted by molar-refractivity contribution is 0.602. The number of fused-ring (bicyclic) bond motifs is 4. The van der Waals surface area contributed by atoms with Gasteiger partial charge in [-0.05, 0) is 43.4 Å². The van der Waals surface area contributed by atoms with Crippen molar-refractivity contribution in [2.75, 3.05) is 5.43 Å². The van der Waals surface area contributed by atoms with Gasteiger partial charge in [-0.25, -0.2) is 14.4 Å². The second-order valence-corrected chi connectivity index (χ2v) is 9.39. The summed E-state index contributed by atoms with van der Waals surface area (Å²) in [6, 6.07) is 15.0. The lowest BCUT2D eigenvalue weighted by Crippen LogP contribution is -2.01. The number of hydrogen-bond donors (Lipinski definition) is 1. The van der Waals surface area contributed by atoms with E-state index >= 15 is 0 Å². The predicted octanol–water partition coefficient (Wildman–Crippen LogP) is 6.16. The maximum atomic E-state index is 14.2. The van der Waals surface area contributed by atoms with Gasteiger partial charge in [0, 0.05) is 33.1 Å². The van der Waals surface area contributed by atoms with Crippen molar-refractivity contribution in [2.45, 2.75) is 32.2 Å². The fourth-order valence-corrected chi connectivity index (χ4v) is 5.89. The van der Waals surface area contributed by atoms with Crippen LogP contribution in [0, 0.1) is 5.82 Å². The minimum atomic E-state index is -0.195. The lowest BCUT2D eigenvalue weighted by atomic mass is 9.97. The van der Waals surface area contributed by atoms with Crippen molar-refractivity contribution >= 4 is 44.5 Å². The normalized spacial score (nSPS) is 13.7. The van der Waals surface area contributed by atoms with Gasteiger partial charge in [0.2, 0.25) is 0 Å². The smallest absolute Gasteiger partial charge is 0.158 e. The van der Waals surface area contributed by atoms with Crippen LogP contribution in [0.5, 0.6) is 0 Å². The molecule has 3 heterocycles. The van der Waals surface area contributed by atoms with Crippen molar-refractivity contribution < 1.29 is 4.39 Å². The molecule has 7 heteroatoms. The van der Waals surface area contributed by atoms with Gasteiger partial charge < -0.3 is 4.57 Å². The number of benzene rings is 2. The Morgan fingerprint density at radius 1 is 1.06 bits per heavy atom. The number of nitrogens with one attached hydrogen (secondary N) is 1. The van der Waals surface area contributed by atoms with E-state index in [1.54, 1.807) is 23.7 Å². The van der Waals surface area contributed by atoms with E-state index in [0.29, 0.717) is 12.1 Å². The highest BCUT2D eigenvalue weighted by molar-refractivity contribution is 7.19. The standard InChI is InChI=1S/C26H22FN5S/c27-21-10-4-1-7-17(21)14-32-15-18(19-8-2-5-11-22(19)32)13-30-31-25-24-20-9-3-6-12-23(20)33-26(24)29-16-28-25/h1-2,4-5,7-8,10-11,13,15-16H,3,6,9,12,14H2,(H,28,29,31). The first-order valence-electron chi connectivity index (χ1n) is 11.1. The fourth-order valence-electron chi connectivity index (χ4n) is 4.66. The molecule has 0 atom stereocenters. The van der Waals surface area contributed by atoms with Crippen LogP contribution in [0.15, 0.2) is 66.2 Å². The van der Waals surface area contributed by atoms with Crippen molar-refractivity contribution in [3.8, 4) is 0 Å². The van der Waals surface area contributed by atoms with Crippen LogP contribution < -0.4 is 5.43 Å². The highest BCUT2D eigenvalue weighted by atomic mass is 32.1. The predicted molar refractivity (Wildman–Crippen MR) is 133 cm³/mol. The summed E-state index contributed by atoms with van der Waals surface area (Å²) in [5.74, 6) is 0.560. The zero-order valence-corrected chi connectivity index (χ0v) is 18.8. The first-order valence-corrected chi connectivity index (χ1v) is 11.9. The summed E-state index contributed by atoms with van der Waals surface area (Å²) in [4.78, 5) is 11.4. The molecule has 0 saturated carbocycles. The molecule has 3 aromatic heterocycles. The number of aromatic nitrogens is 3. The molecule has 0 fully saturated rings. The molecule has 0 spiro atoms. The van der Waals surface area contributed by atoms with Crippen LogP contribution in [0.1, 0.15) is 34.4 Å². The minimum absolute atomic E-state index is 0.195. The topological polar surface area (TPSA) is 55.1 Å². The first kappa shape index (κ1) is 20.1. The third-order valence-corrected chi connectivity index (χ3v) is 7.44. The Morgan fingerprint density at radius 3 is 2.85 bits per heavy atom. The highest BCUT2D eigenvalue weighted by Gasteiger charge is 2.19. The molecule has 2 aromatic carbocycles. The SMILES string of the molecule is Fc1ccccc1Cn1cc(C=NNc2ncnc3sc4c(c23)CCCC4)c2ccccc21. The summed E-state index contributed by atoms with van der Waals surface area (Å²) in [6.07, 6.45) is 10.1. The van der Waals surface area contributed by atoms with Crippen LogP contribution >= 0.6 is 11.3 Å². The zero-order valence-electron chi connectivity index (χ0n) is 18.0. The van der Waals surface area contributed by atoms with Gasteiger partial charge in [0.1, 0.15) is 17.0 Å². The van der Waals surface area contributed by atoms with E-state index < -0.39 is 0 Å². The van der Waals surface area contributed by atoms with Crippen LogP contribution in [-0.4, -0.2) is 20.7 Å². The number of nitrogens with zero attached hydrogens (tertiary/aromatic N) is 4. The van der Waals surface area contributed by atoms with Crippen LogP contribution in [0.4, 0.5) is 10.2 Å². The number of halogens is 1. The Balaban J connectivity index is 1.32. The average molecular weight is 456 g/mol. The molecule has 33 heavy (non-hydrogen) atoms. The molecule has 164 valence electrons. The molecule has 6 rings (SSSR count). The fraction of sp³-hybridized carbons (Fsp3) is 0.192. The summed E-state index contributed by atoms with van der Waals surface area (Å²) < 4.78 is 16.3. The van der Waals surface area contributed by atoms with E-state index in [0.717, 1.165) is 45.3 Å². The van der Waals surface area contributed by atoms with Gasteiger partial charge in [0.15, 0.2) is 5.82 Å². The molecule has 0 aliphatic heterocycles. The van der Waals surface area contributed by atoms with Crippen molar-refractivity contribution in [3.05, 3.63) is 88.4 Å². The molecule has 5 nitrogen and oxygen atoms in total. The van der Waals surface area contributed by atoms with Gasteiger partial charge in [-0.3, -0.25) is 5.43 Å². The summed E-state index contributed by atoms with van der Waals surface area (Å²) in [5, 5.41) is 6.71. The van der Waals surface area contributed by atoms with Gasteiger partial charge >= 0.3 is 0 Å². The molecule has 0 amide bonds. The molecule has 1 aliphatic rings. The number of rotatable bonds is 5. The Labute approximate surface area is 194 Å². The van der Waals surface area contributed by atoms with Gasteiger partial charge in [-0.15, -0.1) is 11.3 Å². The number of anilines is 1. The molecule has 5 aromatic rings. The highest BCUT2D eigenvalue weighted by Crippen LogP contribution is 2.38. The third kappa shape index (κ3) is 3.68. The van der Waals surface area contributed by atoms with Crippen LogP contribution in [-0.2, 0) is 19.4 Å². The molecule has 0 saturated heterocycles. The molecule has 1 aliphatic carbocycles. The van der Waals surface area contributed by atoms with Gasteiger partial charge in [0.25, 0.3) is 0 Å². The van der Waals surface area contributed by atoms with Crippen molar-refractivity contribution in [2.24, 2.45) is 5.10 Å². The second kappa shape index (κ2) is 8.41. The zero-order chi connectivity index (χ0) is 22.2. The van der Waals surface area contributed by atoms with Gasteiger partial charge in [-0.2, -0.15) is 5.10 Å².